The van der Waals surface area contributed by atoms with Gasteiger partial charge in [-0.25, -0.2) is 8.42 Å². The summed E-state index contributed by atoms with van der Waals surface area (Å²) in [5, 5.41) is 0. The summed E-state index contributed by atoms with van der Waals surface area (Å²) in [5.74, 6) is 0. The lowest BCUT2D eigenvalue weighted by Crippen LogP contribution is -2.02. The Bertz CT molecular complexity index is 684. The first-order chi connectivity index (χ1) is 7.97. The monoisotopic (exact) mass is 249 g/mol. The molecule has 17 heavy (non-hydrogen) atoms. The largest absolute Gasteiger partial charge is 0.329 e. The summed E-state index contributed by atoms with van der Waals surface area (Å²) in [6.07, 6.45) is 2.72. The predicted octanol–water partition coefficient (Wildman–Crippen LogP) is 1.45. The molecule has 1 N–H and O–H groups in total. The Morgan fingerprint density at radius 2 is 1.65 bits per heavy atom. The maximum absolute atomic E-state index is 11.3. The van der Waals surface area contributed by atoms with Crippen LogP contribution >= 0.6 is 0 Å². The molecule has 0 atom stereocenters. The lowest BCUT2D eigenvalue weighted by molar-refractivity contribution is 0.602. The summed E-state index contributed by atoms with van der Waals surface area (Å²) in [5.41, 5.74) is 1.38. The highest BCUT2D eigenvalue weighted by Gasteiger charge is 2.06. The lowest BCUT2D eigenvalue weighted by Gasteiger charge is -2.02. The minimum Gasteiger partial charge on any atom is -0.329 e. The van der Waals surface area contributed by atoms with Crippen molar-refractivity contribution in [1.29, 1.82) is 0 Å². The van der Waals surface area contributed by atoms with Crippen molar-refractivity contribution in [2.75, 3.05) is 6.26 Å². The van der Waals surface area contributed by atoms with E-state index < -0.39 is 9.84 Å². The molecule has 0 bridgehead atoms. The van der Waals surface area contributed by atoms with Gasteiger partial charge in [-0.05, 0) is 29.3 Å². The lowest BCUT2D eigenvalue weighted by atomic mass is 10.1. The minimum absolute atomic E-state index is 0.185. The van der Waals surface area contributed by atoms with Gasteiger partial charge in [-0.2, -0.15) is 0 Å². The number of hydrogen-bond acceptors (Lipinski definition) is 3. The van der Waals surface area contributed by atoms with E-state index in [1.165, 1.54) is 18.2 Å². The van der Waals surface area contributed by atoms with Crippen LogP contribution in [0.2, 0.25) is 0 Å². The second-order valence-electron chi connectivity index (χ2n) is 3.74. The Labute approximate surface area is 98.9 Å². The Balaban J connectivity index is 2.46. The van der Waals surface area contributed by atoms with Crippen LogP contribution in [0, 0.1) is 0 Å². The molecule has 5 heteroatoms. The number of aromatic nitrogens is 1. The first-order valence-electron chi connectivity index (χ1n) is 4.96. The molecule has 0 aliphatic rings. The molecule has 2 rings (SSSR count). The highest BCUT2D eigenvalue weighted by molar-refractivity contribution is 7.90. The van der Waals surface area contributed by atoms with E-state index in [0.29, 0.717) is 0 Å². The average molecular weight is 249 g/mol. The number of sulfone groups is 1. The summed E-state index contributed by atoms with van der Waals surface area (Å²) in [6.45, 7) is 0. The third-order valence-electron chi connectivity index (χ3n) is 2.39. The number of pyridine rings is 1. The van der Waals surface area contributed by atoms with Crippen molar-refractivity contribution in [2.24, 2.45) is 0 Å². The first-order valence-corrected chi connectivity index (χ1v) is 6.85. The van der Waals surface area contributed by atoms with Crippen LogP contribution in [0.15, 0.2) is 52.3 Å². The SMILES string of the molecule is CS(=O)(=O)c1ccc(-c2cc[nH]c(=O)c2)cc1. The number of aromatic amines is 1. The van der Waals surface area contributed by atoms with Gasteiger partial charge in [0, 0.05) is 18.5 Å². The van der Waals surface area contributed by atoms with Gasteiger partial charge in [0.1, 0.15) is 0 Å². The maximum atomic E-state index is 11.3. The van der Waals surface area contributed by atoms with Crippen LogP contribution < -0.4 is 5.56 Å². The third-order valence-corrected chi connectivity index (χ3v) is 3.52. The molecular formula is C12H11NO3S. The third kappa shape index (κ3) is 2.62. The first kappa shape index (κ1) is 11.6. The van der Waals surface area contributed by atoms with Gasteiger partial charge in [0.25, 0.3) is 0 Å². The average Bonchev–Trinajstić information content (AvgIpc) is 2.28. The fraction of sp³-hybridized carbons (Fsp3) is 0.0833. The Hall–Kier alpha value is -1.88. The zero-order valence-electron chi connectivity index (χ0n) is 9.17. The molecule has 0 spiro atoms. The summed E-state index contributed by atoms with van der Waals surface area (Å²) in [4.78, 5) is 13.9. The van der Waals surface area contributed by atoms with Crippen molar-refractivity contribution >= 4 is 9.84 Å². The van der Waals surface area contributed by atoms with Crippen LogP contribution in [0.1, 0.15) is 0 Å². The van der Waals surface area contributed by atoms with Crippen molar-refractivity contribution in [3.63, 3.8) is 0 Å². The number of benzene rings is 1. The number of H-pyrrole nitrogens is 1. The van der Waals surface area contributed by atoms with Crippen molar-refractivity contribution < 1.29 is 8.42 Å². The van der Waals surface area contributed by atoms with E-state index in [2.05, 4.69) is 4.98 Å². The molecule has 0 unspecified atom stereocenters. The molecule has 0 aliphatic heterocycles. The van der Waals surface area contributed by atoms with Crippen molar-refractivity contribution in [1.82, 2.24) is 4.98 Å². The van der Waals surface area contributed by atoms with Gasteiger partial charge in [0.15, 0.2) is 9.84 Å². The molecule has 0 aliphatic carbocycles. The molecule has 0 fully saturated rings. The zero-order chi connectivity index (χ0) is 12.5. The van der Waals surface area contributed by atoms with Crippen LogP contribution in [0.3, 0.4) is 0 Å². The maximum Gasteiger partial charge on any atom is 0.248 e. The van der Waals surface area contributed by atoms with Crippen LogP contribution in [0.5, 0.6) is 0 Å². The standard InChI is InChI=1S/C12H11NO3S/c1-17(15,16)11-4-2-9(3-5-11)10-6-7-13-12(14)8-10/h2-8H,1H3,(H,13,14). The molecule has 88 valence electrons. The van der Waals surface area contributed by atoms with E-state index >= 15 is 0 Å². The minimum atomic E-state index is -3.18. The highest BCUT2D eigenvalue weighted by atomic mass is 32.2. The number of hydrogen-bond donors (Lipinski definition) is 1. The molecular weight excluding hydrogens is 238 g/mol. The molecule has 0 saturated carbocycles. The van der Waals surface area contributed by atoms with E-state index in [0.717, 1.165) is 17.4 Å². The van der Waals surface area contributed by atoms with Gasteiger partial charge in [-0.15, -0.1) is 0 Å². The van der Waals surface area contributed by atoms with E-state index in [1.807, 2.05) is 0 Å². The van der Waals surface area contributed by atoms with E-state index in [-0.39, 0.29) is 10.5 Å². The highest BCUT2D eigenvalue weighted by Crippen LogP contribution is 2.19. The van der Waals surface area contributed by atoms with Crippen molar-refractivity contribution in [3.05, 3.63) is 52.9 Å². The van der Waals surface area contributed by atoms with E-state index in [9.17, 15) is 13.2 Å². The van der Waals surface area contributed by atoms with Crippen LogP contribution in [-0.2, 0) is 9.84 Å². The predicted molar refractivity (Wildman–Crippen MR) is 65.6 cm³/mol. The second kappa shape index (κ2) is 4.18. The molecule has 2 aromatic rings. The summed E-state index contributed by atoms with van der Waals surface area (Å²) in [7, 11) is -3.18. The Morgan fingerprint density at radius 1 is 1.00 bits per heavy atom. The smallest absolute Gasteiger partial charge is 0.248 e. The Morgan fingerprint density at radius 3 is 2.18 bits per heavy atom. The topological polar surface area (TPSA) is 67.0 Å². The zero-order valence-corrected chi connectivity index (χ0v) is 9.99. The fourth-order valence-corrected chi connectivity index (χ4v) is 2.15. The van der Waals surface area contributed by atoms with E-state index in [1.54, 1.807) is 24.4 Å². The van der Waals surface area contributed by atoms with Crippen molar-refractivity contribution in [3.8, 4) is 11.1 Å². The molecule has 1 aromatic carbocycles. The van der Waals surface area contributed by atoms with Gasteiger partial charge >= 0.3 is 0 Å². The van der Waals surface area contributed by atoms with Gasteiger partial charge in [0.2, 0.25) is 5.56 Å². The fourth-order valence-electron chi connectivity index (χ4n) is 1.52. The van der Waals surface area contributed by atoms with Crippen LogP contribution in [-0.4, -0.2) is 19.7 Å². The molecule has 0 amide bonds. The van der Waals surface area contributed by atoms with Gasteiger partial charge in [-0.3, -0.25) is 4.79 Å². The molecule has 0 radical (unpaired) electrons. The Kier molecular flexibility index (Phi) is 2.85. The molecule has 0 saturated heterocycles. The van der Waals surface area contributed by atoms with Crippen LogP contribution in [0.4, 0.5) is 0 Å². The summed E-state index contributed by atoms with van der Waals surface area (Å²) < 4.78 is 22.6. The van der Waals surface area contributed by atoms with Crippen molar-refractivity contribution in [2.45, 2.75) is 4.90 Å². The molecule has 1 aromatic heterocycles. The normalized spacial score (nSPS) is 11.4. The van der Waals surface area contributed by atoms with Gasteiger partial charge in [0.05, 0.1) is 4.90 Å². The number of rotatable bonds is 2. The van der Waals surface area contributed by atoms with E-state index in [4.69, 9.17) is 0 Å². The second-order valence-corrected chi connectivity index (χ2v) is 5.75. The molecule has 4 nitrogen and oxygen atoms in total. The number of nitrogens with one attached hydrogen (secondary N) is 1. The summed E-state index contributed by atoms with van der Waals surface area (Å²) in [6, 6.07) is 9.67. The summed E-state index contributed by atoms with van der Waals surface area (Å²) >= 11 is 0. The van der Waals surface area contributed by atoms with Gasteiger partial charge in [-0.1, -0.05) is 12.1 Å². The quantitative estimate of drug-likeness (QED) is 0.875. The van der Waals surface area contributed by atoms with Crippen LogP contribution in [0.25, 0.3) is 11.1 Å². The van der Waals surface area contributed by atoms with Gasteiger partial charge < -0.3 is 4.98 Å². The molecule has 1 heterocycles.